The van der Waals surface area contributed by atoms with E-state index in [2.05, 4.69) is 34.1 Å². The Hall–Kier alpha value is -3.19. The van der Waals surface area contributed by atoms with Gasteiger partial charge in [0.05, 0.1) is 0 Å². The largest absolute Gasteiger partial charge is 0.381 e. The highest BCUT2D eigenvalue weighted by atomic mass is 16.2. The first-order valence-electron chi connectivity index (χ1n) is 9.92. The fraction of sp³-hybridized carbons (Fsp3) is 0.318. The fourth-order valence-corrected chi connectivity index (χ4v) is 4.44. The van der Waals surface area contributed by atoms with Crippen LogP contribution < -0.4 is 16.0 Å². The maximum absolute atomic E-state index is 13.1. The molecule has 7 nitrogen and oxygen atoms in total. The van der Waals surface area contributed by atoms with Crippen LogP contribution in [0, 0.1) is 0 Å². The predicted molar refractivity (Wildman–Crippen MR) is 107 cm³/mol. The summed E-state index contributed by atoms with van der Waals surface area (Å²) in [6, 6.07) is 11.6. The van der Waals surface area contributed by atoms with Gasteiger partial charge in [0.2, 0.25) is 11.8 Å². The first kappa shape index (κ1) is 17.9. The number of benzene rings is 2. The lowest BCUT2D eigenvalue weighted by Crippen LogP contribution is -2.52. The average Bonchev–Trinajstić information content (AvgIpc) is 3.31. The number of anilines is 1. The van der Waals surface area contributed by atoms with Crippen molar-refractivity contribution >= 4 is 23.4 Å². The molecular formula is C22H22N4O3. The number of hydrogen-bond donors (Lipinski definition) is 3. The van der Waals surface area contributed by atoms with E-state index < -0.39 is 6.04 Å². The molecular weight excluding hydrogens is 368 g/mol. The molecule has 3 aliphatic heterocycles. The molecule has 148 valence electrons. The maximum Gasteiger partial charge on any atom is 0.255 e. The van der Waals surface area contributed by atoms with Gasteiger partial charge in [0.25, 0.3) is 5.91 Å². The molecule has 1 unspecified atom stereocenters. The minimum Gasteiger partial charge on any atom is -0.381 e. The number of rotatable bonds is 4. The van der Waals surface area contributed by atoms with Gasteiger partial charge in [0.1, 0.15) is 6.04 Å². The van der Waals surface area contributed by atoms with Gasteiger partial charge >= 0.3 is 0 Å². The Labute approximate surface area is 168 Å². The molecule has 3 N–H and O–H groups in total. The normalized spacial score (nSPS) is 20.5. The van der Waals surface area contributed by atoms with Gasteiger partial charge in [-0.3, -0.25) is 19.7 Å². The monoisotopic (exact) mass is 390 g/mol. The third kappa shape index (κ3) is 3.17. The van der Waals surface area contributed by atoms with E-state index in [1.807, 2.05) is 18.2 Å². The number of nitrogens with zero attached hydrogens (tertiary/aromatic N) is 1. The summed E-state index contributed by atoms with van der Waals surface area (Å²) in [5, 5.41) is 9.11. The van der Waals surface area contributed by atoms with Crippen LogP contribution in [-0.4, -0.2) is 28.7 Å². The summed E-state index contributed by atoms with van der Waals surface area (Å²) >= 11 is 0. The Morgan fingerprint density at radius 1 is 1.03 bits per heavy atom. The van der Waals surface area contributed by atoms with Crippen LogP contribution in [0.4, 0.5) is 5.69 Å². The van der Waals surface area contributed by atoms with Crippen LogP contribution in [-0.2, 0) is 35.8 Å². The van der Waals surface area contributed by atoms with Crippen LogP contribution in [0.2, 0.25) is 0 Å². The van der Waals surface area contributed by atoms with Crippen LogP contribution in [0.5, 0.6) is 0 Å². The lowest BCUT2D eigenvalue weighted by atomic mass is 10.0. The van der Waals surface area contributed by atoms with Crippen molar-refractivity contribution in [2.75, 3.05) is 5.32 Å². The molecule has 2 aromatic carbocycles. The lowest BCUT2D eigenvalue weighted by molar-refractivity contribution is -0.136. The summed E-state index contributed by atoms with van der Waals surface area (Å²) < 4.78 is 0. The summed E-state index contributed by atoms with van der Waals surface area (Å²) in [4.78, 5) is 38.4. The first-order chi connectivity index (χ1) is 14.1. The van der Waals surface area contributed by atoms with Gasteiger partial charge in [-0.1, -0.05) is 24.3 Å². The minimum atomic E-state index is -0.586. The molecule has 0 aromatic heterocycles. The van der Waals surface area contributed by atoms with Crippen molar-refractivity contribution in [1.29, 1.82) is 0 Å². The van der Waals surface area contributed by atoms with Crippen molar-refractivity contribution in [3.05, 3.63) is 64.2 Å². The standard InChI is InChI=1S/C22H22N4O3/c27-19-7-6-18(21(28)25-19)26-12-15-3-1-2-14(20(15)22(26)29)11-24-17-5-4-13-9-23-10-16(13)8-17/h1-5,8,18,23-24H,6-7,9-12H2,(H,25,27,28). The molecule has 3 amide bonds. The number of hydrogen-bond acceptors (Lipinski definition) is 5. The molecule has 0 aliphatic carbocycles. The first-order valence-corrected chi connectivity index (χ1v) is 9.92. The summed E-state index contributed by atoms with van der Waals surface area (Å²) in [7, 11) is 0. The quantitative estimate of drug-likeness (QED) is 0.691. The molecule has 2 aromatic rings. The van der Waals surface area contributed by atoms with Crippen LogP contribution in [0.15, 0.2) is 36.4 Å². The summed E-state index contributed by atoms with van der Waals surface area (Å²) in [6.45, 7) is 2.72. The lowest BCUT2D eigenvalue weighted by Gasteiger charge is -2.29. The molecule has 7 heteroatoms. The molecule has 0 bridgehead atoms. The Bertz CT molecular complexity index is 1030. The molecule has 0 radical (unpaired) electrons. The third-order valence-electron chi connectivity index (χ3n) is 5.96. The van der Waals surface area contributed by atoms with Gasteiger partial charge in [-0.25, -0.2) is 0 Å². The van der Waals surface area contributed by atoms with Gasteiger partial charge in [0.15, 0.2) is 0 Å². The Kier molecular flexibility index (Phi) is 4.32. The van der Waals surface area contributed by atoms with Gasteiger partial charge < -0.3 is 15.5 Å². The molecule has 3 aliphatic rings. The number of imide groups is 1. The fourth-order valence-electron chi connectivity index (χ4n) is 4.44. The van der Waals surface area contributed by atoms with Gasteiger partial charge in [-0.05, 0) is 40.8 Å². The molecule has 0 spiro atoms. The van der Waals surface area contributed by atoms with E-state index in [-0.39, 0.29) is 24.1 Å². The molecule has 1 fully saturated rings. The maximum atomic E-state index is 13.1. The Morgan fingerprint density at radius 3 is 2.76 bits per heavy atom. The predicted octanol–water partition coefficient (Wildman–Crippen LogP) is 1.66. The van der Waals surface area contributed by atoms with Gasteiger partial charge in [0, 0.05) is 43.9 Å². The smallest absolute Gasteiger partial charge is 0.255 e. The van der Waals surface area contributed by atoms with Crippen molar-refractivity contribution < 1.29 is 14.4 Å². The van der Waals surface area contributed by atoms with E-state index in [9.17, 15) is 14.4 Å². The van der Waals surface area contributed by atoms with Gasteiger partial charge in [-0.2, -0.15) is 0 Å². The molecule has 5 rings (SSSR count). The van der Waals surface area contributed by atoms with Crippen LogP contribution in [0.25, 0.3) is 0 Å². The van der Waals surface area contributed by atoms with Crippen LogP contribution in [0.1, 0.15) is 45.5 Å². The van der Waals surface area contributed by atoms with E-state index in [0.29, 0.717) is 25.1 Å². The SMILES string of the molecule is O=C1CCC(N2Cc3cccc(CNc4ccc5c(c4)CNC5)c3C2=O)C(=O)N1. The zero-order chi connectivity index (χ0) is 20.0. The van der Waals surface area contributed by atoms with Crippen LogP contribution >= 0.6 is 0 Å². The summed E-state index contributed by atoms with van der Waals surface area (Å²) in [5.74, 6) is -0.788. The van der Waals surface area contributed by atoms with E-state index in [1.165, 1.54) is 11.1 Å². The van der Waals surface area contributed by atoms with Crippen molar-refractivity contribution in [3.8, 4) is 0 Å². The molecule has 3 heterocycles. The summed E-state index contributed by atoms with van der Waals surface area (Å²) in [6.07, 6.45) is 0.638. The van der Waals surface area contributed by atoms with E-state index >= 15 is 0 Å². The second kappa shape index (κ2) is 7.00. The number of carbonyl (C=O) groups excluding carboxylic acids is 3. The van der Waals surface area contributed by atoms with E-state index in [4.69, 9.17) is 0 Å². The average molecular weight is 390 g/mol. The highest BCUT2D eigenvalue weighted by Gasteiger charge is 2.39. The van der Waals surface area contributed by atoms with Crippen LogP contribution in [0.3, 0.4) is 0 Å². The zero-order valence-corrected chi connectivity index (χ0v) is 16.0. The number of nitrogens with one attached hydrogen (secondary N) is 3. The minimum absolute atomic E-state index is 0.134. The molecule has 0 saturated carbocycles. The Balaban J connectivity index is 1.35. The second-order valence-electron chi connectivity index (χ2n) is 7.79. The molecule has 29 heavy (non-hydrogen) atoms. The van der Waals surface area contributed by atoms with E-state index in [1.54, 1.807) is 4.90 Å². The number of amides is 3. The van der Waals surface area contributed by atoms with Crippen molar-refractivity contribution in [3.63, 3.8) is 0 Å². The molecule has 1 atom stereocenters. The highest BCUT2D eigenvalue weighted by Crippen LogP contribution is 2.30. The number of fused-ring (bicyclic) bond motifs is 2. The Morgan fingerprint density at radius 2 is 1.90 bits per heavy atom. The topological polar surface area (TPSA) is 90.5 Å². The molecule has 1 saturated heterocycles. The highest BCUT2D eigenvalue weighted by molar-refractivity contribution is 6.06. The second-order valence-corrected chi connectivity index (χ2v) is 7.79. The zero-order valence-electron chi connectivity index (χ0n) is 16.0. The van der Waals surface area contributed by atoms with Gasteiger partial charge in [-0.15, -0.1) is 0 Å². The number of piperidine rings is 1. The summed E-state index contributed by atoms with van der Waals surface area (Å²) in [5.41, 5.74) is 6.17. The number of carbonyl (C=O) groups is 3. The van der Waals surface area contributed by atoms with Crippen molar-refractivity contribution in [2.45, 2.75) is 45.1 Å². The van der Waals surface area contributed by atoms with Crippen molar-refractivity contribution in [1.82, 2.24) is 15.5 Å². The third-order valence-corrected chi connectivity index (χ3v) is 5.96. The van der Waals surface area contributed by atoms with E-state index in [0.717, 1.165) is 29.9 Å². The van der Waals surface area contributed by atoms with Crippen molar-refractivity contribution in [2.24, 2.45) is 0 Å².